The van der Waals surface area contributed by atoms with Crippen LogP contribution in [0.5, 0.6) is 5.75 Å². The average Bonchev–Trinajstić information content (AvgIpc) is 3.30. The van der Waals surface area contributed by atoms with Gasteiger partial charge in [0.15, 0.2) is 17.0 Å². The molecule has 1 saturated carbocycles. The number of ether oxygens (including phenoxy) is 1. The van der Waals surface area contributed by atoms with E-state index in [1.165, 1.54) is 6.33 Å². The van der Waals surface area contributed by atoms with E-state index in [9.17, 15) is 4.39 Å². The quantitative estimate of drug-likeness (QED) is 0.291. The summed E-state index contributed by atoms with van der Waals surface area (Å²) in [6, 6.07) is 9.68. The molecule has 2 aliphatic rings. The number of benzene rings is 1. The van der Waals surface area contributed by atoms with Crippen LogP contribution in [0.15, 0.2) is 42.9 Å². The van der Waals surface area contributed by atoms with Gasteiger partial charge in [0.1, 0.15) is 30.2 Å². The third-order valence-electron chi connectivity index (χ3n) is 7.71. The second kappa shape index (κ2) is 11.6. The maximum atomic E-state index is 14.8. The predicted molar refractivity (Wildman–Crippen MR) is 155 cm³/mol. The zero-order valence-corrected chi connectivity index (χ0v) is 23.4. The number of hydrogen-bond acceptors (Lipinski definition) is 8. The van der Waals surface area contributed by atoms with Crippen molar-refractivity contribution in [1.82, 2.24) is 34.7 Å². The second-order valence-corrected chi connectivity index (χ2v) is 11.1. The highest BCUT2D eigenvalue weighted by Gasteiger charge is 2.37. The summed E-state index contributed by atoms with van der Waals surface area (Å²) in [5.41, 5.74) is 2.73. The lowest BCUT2D eigenvalue weighted by Gasteiger charge is -2.33. The average molecular weight is 565 g/mol. The first-order valence-corrected chi connectivity index (χ1v) is 14.3. The second-order valence-electron chi connectivity index (χ2n) is 10.7. The van der Waals surface area contributed by atoms with Gasteiger partial charge in [-0.05, 0) is 62.1 Å². The molecule has 0 spiro atoms. The Bertz CT molecular complexity index is 1480. The standard InChI is InChI=1S/C29H34ClFN8O/c1-20-5-8-33-21(15-20)17-39-27(37-25-26(35-19-36-28(25)39)34-18-29(31)6-2-7-29)23-4-3-22(16-24(23)30)40-14-13-38-11-9-32-10-12-38/h3-5,8,15-16,19,32H,2,6-7,9-14,17-18H2,1H3,(H,34,35,36). The number of halogens is 2. The highest BCUT2D eigenvalue weighted by Crippen LogP contribution is 2.37. The molecule has 2 fully saturated rings. The van der Waals surface area contributed by atoms with Gasteiger partial charge in [-0.25, -0.2) is 19.3 Å². The Hall–Kier alpha value is -3.34. The molecule has 2 N–H and O–H groups in total. The van der Waals surface area contributed by atoms with Crippen molar-refractivity contribution in [3.63, 3.8) is 0 Å². The van der Waals surface area contributed by atoms with Crippen LogP contribution in [-0.2, 0) is 6.54 Å². The predicted octanol–water partition coefficient (Wildman–Crippen LogP) is 4.49. The molecule has 1 saturated heterocycles. The normalized spacial score (nSPS) is 17.1. The van der Waals surface area contributed by atoms with Crippen molar-refractivity contribution < 1.29 is 9.13 Å². The van der Waals surface area contributed by atoms with Crippen LogP contribution in [0.2, 0.25) is 5.02 Å². The van der Waals surface area contributed by atoms with Crippen LogP contribution in [0.1, 0.15) is 30.5 Å². The molecule has 4 heterocycles. The Labute approximate surface area is 238 Å². The first kappa shape index (κ1) is 26.9. The summed E-state index contributed by atoms with van der Waals surface area (Å²) in [7, 11) is 0. The molecule has 9 nitrogen and oxygen atoms in total. The first-order chi connectivity index (χ1) is 19.5. The maximum Gasteiger partial charge on any atom is 0.166 e. The fraction of sp³-hybridized carbons (Fsp3) is 0.448. The fourth-order valence-corrected chi connectivity index (χ4v) is 5.50. The van der Waals surface area contributed by atoms with Crippen molar-refractivity contribution >= 4 is 28.6 Å². The molecule has 1 aliphatic heterocycles. The minimum Gasteiger partial charge on any atom is -0.492 e. The van der Waals surface area contributed by atoms with E-state index < -0.39 is 5.67 Å². The summed E-state index contributed by atoms with van der Waals surface area (Å²) in [5, 5.41) is 7.08. The number of aryl methyl sites for hydroxylation is 1. The number of anilines is 1. The number of nitrogens with one attached hydrogen (secondary N) is 2. The van der Waals surface area contributed by atoms with Gasteiger partial charge >= 0.3 is 0 Å². The number of fused-ring (bicyclic) bond motifs is 1. The molecule has 6 rings (SSSR count). The molecule has 0 bridgehead atoms. The lowest BCUT2D eigenvalue weighted by atomic mass is 9.82. The molecule has 210 valence electrons. The number of imidazole rings is 1. The van der Waals surface area contributed by atoms with E-state index in [1.54, 1.807) is 6.20 Å². The Morgan fingerprint density at radius 3 is 2.73 bits per heavy atom. The molecular formula is C29H34ClFN8O. The fourth-order valence-electron chi connectivity index (χ4n) is 5.24. The molecule has 4 aromatic rings. The van der Waals surface area contributed by atoms with Gasteiger partial charge in [-0.1, -0.05) is 11.6 Å². The number of alkyl halides is 1. The van der Waals surface area contributed by atoms with Gasteiger partial charge in [0, 0.05) is 44.5 Å². The molecule has 1 aliphatic carbocycles. The van der Waals surface area contributed by atoms with Gasteiger partial charge in [0.05, 0.1) is 23.8 Å². The van der Waals surface area contributed by atoms with Crippen molar-refractivity contribution in [3.8, 4) is 17.1 Å². The Morgan fingerprint density at radius 2 is 1.98 bits per heavy atom. The summed E-state index contributed by atoms with van der Waals surface area (Å²) in [5.74, 6) is 1.86. The smallest absolute Gasteiger partial charge is 0.166 e. The van der Waals surface area contributed by atoms with E-state index in [-0.39, 0.29) is 6.54 Å². The third-order valence-corrected chi connectivity index (χ3v) is 8.03. The Kier molecular flexibility index (Phi) is 7.82. The van der Waals surface area contributed by atoms with Gasteiger partial charge in [0.2, 0.25) is 0 Å². The number of nitrogens with zero attached hydrogens (tertiary/aromatic N) is 6. The largest absolute Gasteiger partial charge is 0.492 e. The van der Waals surface area contributed by atoms with Gasteiger partial charge in [-0.3, -0.25) is 9.88 Å². The number of rotatable bonds is 10. The number of hydrogen-bond donors (Lipinski definition) is 2. The molecule has 0 unspecified atom stereocenters. The van der Waals surface area contributed by atoms with E-state index in [0.29, 0.717) is 59.6 Å². The number of piperazine rings is 1. The minimum absolute atomic E-state index is 0.196. The Morgan fingerprint density at radius 1 is 1.12 bits per heavy atom. The van der Waals surface area contributed by atoms with Gasteiger partial charge in [0.25, 0.3) is 0 Å². The van der Waals surface area contributed by atoms with Crippen molar-refractivity contribution in [2.24, 2.45) is 0 Å². The maximum absolute atomic E-state index is 14.8. The van der Waals surface area contributed by atoms with E-state index >= 15 is 0 Å². The summed E-state index contributed by atoms with van der Waals surface area (Å²) in [6.07, 6.45) is 5.31. The monoisotopic (exact) mass is 564 g/mol. The third kappa shape index (κ3) is 5.89. The minimum atomic E-state index is -1.20. The zero-order valence-electron chi connectivity index (χ0n) is 22.7. The van der Waals surface area contributed by atoms with Crippen LogP contribution in [0.3, 0.4) is 0 Å². The molecule has 1 aromatic carbocycles. The summed E-state index contributed by atoms with van der Waals surface area (Å²) in [6.45, 7) is 8.21. The molecule has 0 atom stereocenters. The van der Waals surface area contributed by atoms with Crippen LogP contribution in [0.4, 0.5) is 10.2 Å². The van der Waals surface area contributed by atoms with Crippen molar-refractivity contribution in [1.29, 1.82) is 0 Å². The zero-order chi connectivity index (χ0) is 27.5. The Balaban J connectivity index is 1.30. The van der Waals surface area contributed by atoms with Crippen molar-refractivity contribution in [2.75, 3.05) is 51.2 Å². The SMILES string of the molecule is Cc1ccnc(Cn2c(-c3ccc(OCCN4CCNCC4)cc3Cl)nc3c(NCC4(F)CCC4)ncnc32)c1. The van der Waals surface area contributed by atoms with Crippen LogP contribution in [-0.4, -0.2) is 80.9 Å². The van der Waals surface area contributed by atoms with Gasteiger partial charge < -0.3 is 19.9 Å². The van der Waals surface area contributed by atoms with Crippen molar-refractivity contribution in [2.45, 2.75) is 38.4 Å². The van der Waals surface area contributed by atoms with Crippen LogP contribution in [0, 0.1) is 6.92 Å². The van der Waals surface area contributed by atoms with Crippen LogP contribution >= 0.6 is 11.6 Å². The highest BCUT2D eigenvalue weighted by atomic mass is 35.5. The summed E-state index contributed by atoms with van der Waals surface area (Å²) in [4.78, 5) is 20.9. The van der Waals surface area contributed by atoms with E-state index in [0.717, 1.165) is 56.0 Å². The van der Waals surface area contributed by atoms with Gasteiger partial charge in [-0.15, -0.1) is 0 Å². The molecule has 0 radical (unpaired) electrons. The topological polar surface area (TPSA) is 93.0 Å². The lowest BCUT2D eigenvalue weighted by Crippen LogP contribution is -2.44. The van der Waals surface area contributed by atoms with Crippen molar-refractivity contribution in [3.05, 3.63) is 59.1 Å². The van der Waals surface area contributed by atoms with Crippen LogP contribution < -0.4 is 15.4 Å². The highest BCUT2D eigenvalue weighted by molar-refractivity contribution is 6.33. The van der Waals surface area contributed by atoms with E-state index in [1.807, 2.05) is 41.8 Å². The summed E-state index contributed by atoms with van der Waals surface area (Å²) >= 11 is 6.84. The van der Waals surface area contributed by atoms with Gasteiger partial charge in [-0.2, -0.15) is 0 Å². The molecule has 0 amide bonds. The molecular weight excluding hydrogens is 531 g/mol. The van der Waals surface area contributed by atoms with E-state index in [2.05, 4.69) is 30.5 Å². The molecule has 11 heteroatoms. The number of aromatic nitrogens is 5. The summed E-state index contributed by atoms with van der Waals surface area (Å²) < 4.78 is 22.8. The van der Waals surface area contributed by atoms with E-state index in [4.69, 9.17) is 21.3 Å². The lowest BCUT2D eigenvalue weighted by molar-refractivity contribution is 0.0784. The molecule has 40 heavy (non-hydrogen) atoms. The molecule has 3 aromatic heterocycles. The first-order valence-electron chi connectivity index (χ1n) is 13.9. The van der Waals surface area contributed by atoms with Crippen LogP contribution in [0.25, 0.3) is 22.6 Å². The number of pyridine rings is 1.